The van der Waals surface area contributed by atoms with Gasteiger partial charge in [-0.3, -0.25) is 0 Å². The first-order chi connectivity index (χ1) is 15.7. The van der Waals surface area contributed by atoms with Gasteiger partial charge in [-0.25, -0.2) is 0 Å². The molecular formula is C30H30N2. The molecule has 0 spiro atoms. The average molecular weight is 419 g/mol. The van der Waals surface area contributed by atoms with Crippen molar-refractivity contribution in [1.82, 2.24) is 0 Å². The minimum absolute atomic E-state index is 0.171. The van der Waals surface area contributed by atoms with Gasteiger partial charge in [0.15, 0.2) is 0 Å². The van der Waals surface area contributed by atoms with Gasteiger partial charge in [0.1, 0.15) is 0 Å². The van der Waals surface area contributed by atoms with Crippen LogP contribution in [-0.4, -0.2) is 6.04 Å². The van der Waals surface area contributed by atoms with Gasteiger partial charge in [-0.05, 0) is 55.2 Å². The minimum atomic E-state index is 0.171. The molecule has 4 aromatic carbocycles. The lowest BCUT2D eigenvalue weighted by atomic mass is 9.75. The summed E-state index contributed by atoms with van der Waals surface area (Å²) in [5.74, 6) is 0.284. The number of benzene rings is 4. The standard InChI is InChI=1S/C30H30N2/c1-21-13-16-25(17-14-21)31-30-26-19-22(2)15-18-27(26)32-28(20-23-9-5-3-6-10-23)29(30)24-11-7-4-8-12-24/h3-19,28-32H,20H2,1-2H3/t28-,29-,30-/m1/s1. The van der Waals surface area contributed by atoms with Crippen LogP contribution in [0.1, 0.15) is 39.8 Å². The molecular weight excluding hydrogens is 388 g/mol. The summed E-state index contributed by atoms with van der Waals surface area (Å²) >= 11 is 0. The van der Waals surface area contributed by atoms with E-state index in [1.807, 2.05) is 0 Å². The number of fused-ring (bicyclic) bond motifs is 1. The highest BCUT2D eigenvalue weighted by atomic mass is 15.0. The molecule has 0 amide bonds. The van der Waals surface area contributed by atoms with Gasteiger partial charge in [0.2, 0.25) is 0 Å². The van der Waals surface area contributed by atoms with Crippen molar-refractivity contribution in [2.75, 3.05) is 10.6 Å². The summed E-state index contributed by atoms with van der Waals surface area (Å²) in [6.45, 7) is 4.31. The fourth-order valence-electron chi connectivity index (χ4n) is 4.93. The van der Waals surface area contributed by atoms with Gasteiger partial charge >= 0.3 is 0 Å². The van der Waals surface area contributed by atoms with Gasteiger partial charge in [-0.1, -0.05) is 96.1 Å². The molecule has 1 aliphatic rings. The zero-order valence-electron chi connectivity index (χ0n) is 18.8. The Hall–Kier alpha value is -3.52. The van der Waals surface area contributed by atoms with E-state index < -0.39 is 0 Å². The molecule has 1 aliphatic heterocycles. The van der Waals surface area contributed by atoms with E-state index in [-0.39, 0.29) is 18.0 Å². The highest BCUT2D eigenvalue weighted by Crippen LogP contribution is 2.45. The monoisotopic (exact) mass is 418 g/mol. The van der Waals surface area contributed by atoms with Crippen molar-refractivity contribution in [2.45, 2.75) is 38.3 Å². The van der Waals surface area contributed by atoms with Gasteiger partial charge in [0.25, 0.3) is 0 Å². The molecule has 0 bridgehead atoms. The van der Waals surface area contributed by atoms with Crippen LogP contribution in [0, 0.1) is 13.8 Å². The van der Waals surface area contributed by atoms with Crippen molar-refractivity contribution in [3.05, 3.63) is 131 Å². The van der Waals surface area contributed by atoms with E-state index in [1.54, 1.807) is 0 Å². The van der Waals surface area contributed by atoms with Gasteiger partial charge in [-0.2, -0.15) is 0 Å². The van der Waals surface area contributed by atoms with Crippen molar-refractivity contribution >= 4 is 11.4 Å². The topological polar surface area (TPSA) is 24.1 Å². The normalized spacial score (nSPS) is 19.6. The van der Waals surface area contributed by atoms with Crippen LogP contribution >= 0.6 is 0 Å². The number of hydrogen-bond acceptors (Lipinski definition) is 2. The molecule has 0 aromatic heterocycles. The number of aryl methyl sites for hydroxylation is 2. The zero-order valence-corrected chi connectivity index (χ0v) is 18.8. The second kappa shape index (κ2) is 8.92. The van der Waals surface area contributed by atoms with Crippen molar-refractivity contribution in [3.8, 4) is 0 Å². The maximum Gasteiger partial charge on any atom is 0.0622 e. The highest BCUT2D eigenvalue weighted by molar-refractivity contribution is 5.62. The Morgan fingerprint density at radius 1 is 0.719 bits per heavy atom. The molecule has 1 heterocycles. The summed E-state index contributed by atoms with van der Waals surface area (Å²) in [6, 6.07) is 37.8. The van der Waals surface area contributed by atoms with E-state index in [0.29, 0.717) is 0 Å². The molecule has 2 nitrogen and oxygen atoms in total. The lowest BCUT2D eigenvalue weighted by Crippen LogP contribution is -2.40. The molecule has 3 atom stereocenters. The van der Waals surface area contributed by atoms with Gasteiger partial charge in [-0.15, -0.1) is 0 Å². The van der Waals surface area contributed by atoms with Crippen molar-refractivity contribution in [2.24, 2.45) is 0 Å². The van der Waals surface area contributed by atoms with E-state index in [2.05, 4.69) is 128 Å². The second-order valence-corrected chi connectivity index (χ2v) is 8.96. The van der Waals surface area contributed by atoms with Crippen LogP contribution in [0.25, 0.3) is 0 Å². The second-order valence-electron chi connectivity index (χ2n) is 8.96. The molecule has 160 valence electrons. The van der Waals surface area contributed by atoms with Crippen molar-refractivity contribution in [1.29, 1.82) is 0 Å². The fraction of sp³-hybridized carbons (Fsp3) is 0.200. The molecule has 5 rings (SSSR count). The van der Waals surface area contributed by atoms with Crippen LogP contribution in [0.3, 0.4) is 0 Å². The van der Waals surface area contributed by atoms with E-state index >= 15 is 0 Å². The van der Waals surface area contributed by atoms with Crippen LogP contribution < -0.4 is 10.6 Å². The van der Waals surface area contributed by atoms with Crippen molar-refractivity contribution in [3.63, 3.8) is 0 Å². The number of anilines is 2. The number of rotatable bonds is 5. The van der Waals surface area contributed by atoms with Crippen LogP contribution in [0.4, 0.5) is 11.4 Å². The van der Waals surface area contributed by atoms with Gasteiger partial charge < -0.3 is 10.6 Å². The largest absolute Gasteiger partial charge is 0.381 e. The predicted molar refractivity (Wildman–Crippen MR) is 135 cm³/mol. The third kappa shape index (κ3) is 4.27. The Bertz CT molecular complexity index is 1170. The van der Waals surface area contributed by atoms with Crippen molar-refractivity contribution < 1.29 is 0 Å². The van der Waals surface area contributed by atoms with E-state index in [0.717, 1.165) is 12.1 Å². The summed E-state index contributed by atoms with van der Waals surface area (Å²) < 4.78 is 0. The Labute approximate surface area is 191 Å². The predicted octanol–water partition coefficient (Wildman–Crippen LogP) is 7.28. The highest BCUT2D eigenvalue weighted by Gasteiger charge is 2.37. The molecule has 0 fully saturated rings. The Morgan fingerprint density at radius 3 is 2.09 bits per heavy atom. The molecule has 32 heavy (non-hydrogen) atoms. The molecule has 0 unspecified atom stereocenters. The lowest BCUT2D eigenvalue weighted by molar-refractivity contribution is 0.479. The third-order valence-electron chi connectivity index (χ3n) is 6.53. The summed E-state index contributed by atoms with van der Waals surface area (Å²) in [7, 11) is 0. The average Bonchev–Trinajstić information content (AvgIpc) is 2.82. The van der Waals surface area contributed by atoms with Crippen LogP contribution in [0.15, 0.2) is 103 Å². The first kappa shape index (κ1) is 20.4. The third-order valence-corrected chi connectivity index (χ3v) is 6.53. The molecule has 0 radical (unpaired) electrons. The van der Waals surface area contributed by atoms with E-state index in [4.69, 9.17) is 0 Å². The molecule has 0 aliphatic carbocycles. The van der Waals surface area contributed by atoms with E-state index in [9.17, 15) is 0 Å². The summed E-state index contributed by atoms with van der Waals surface area (Å²) in [4.78, 5) is 0. The Morgan fingerprint density at radius 2 is 1.38 bits per heavy atom. The smallest absolute Gasteiger partial charge is 0.0622 e. The zero-order chi connectivity index (χ0) is 21.9. The lowest BCUT2D eigenvalue weighted by Gasteiger charge is -2.42. The number of hydrogen-bond donors (Lipinski definition) is 2. The molecule has 2 heteroatoms. The van der Waals surface area contributed by atoms with Crippen LogP contribution in [-0.2, 0) is 6.42 Å². The maximum absolute atomic E-state index is 3.92. The summed E-state index contributed by atoms with van der Waals surface area (Å²) in [5, 5.41) is 7.82. The maximum atomic E-state index is 3.92. The van der Waals surface area contributed by atoms with Crippen LogP contribution in [0.5, 0.6) is 0 Å². The molecule has 0 saturated carbocycles. The van der Waals surface area contributed by atoms with Gasteiger partial charge in [0.05, 0.1) is 6.04 Å². The molecule has 0 saturated heterocycles. The molecule has 2 N–H and O–H groups in total. The van der Waals surface area contributed by atoms with Crippen LogP contribution in [0.2, 0.25) is 0 Å². The Kier molecular flexibility index (Phi) is 5.68. The Balaban J connectivity index is 1.61. The quantitative estimate of drug-likeness (QED) is 0.356. The minimum Gasteiger partial charge on any atom is -0.381 e. The summed E-state index contributed by atoms with van der Waals surface area (Å²) in [5.41, 5.74) is 9.01. The first-order valence-corrected chi connectivity index (χ1v) is 11.5. The van der Waals surface area contributed by atoms with Gasteiger partial charge in [0, 0.05) is 23.3 Å². The van der Waals surface area contributed by atoms with E-state index in [1.165, 1.54) is 33.5 Å². The summed E-state index contributed by atoms with van der Waals surface area (Å²) in [6.07, 6.45) is 0.972. The SMILES string of the molecule is Cc1ccc(N[C@@H]2c3cc(C)ccc3N[C@H](Cc3ccccc3)[C@H]2c2ccccc2)cc1. The first-order valence-electron chi connectivity index (χ1n) is 11.5. The number of nitrogens with one attached hydrogen (secondary N) is 2. The fourth-order valence-corrected chi connectivity index (χ4v) is 4.93. The molecule has 4 aromatic rings.